The zero-order chi connectivity index (χ0) is 21.9. The van der Waals surface area contributed by atoms with Gasteiger partial charge in [-0.3, -0.25) is 0 Å². The summed E-state index contributed by atoms with van der Waals surface area (Å²) in [6, 6.07) is 4.18. The van der Waals surface area contributed by atoms with Crippen LogP contribution in [0.2, 0.25) is 0 Å². The summed E-state index contributed by atoms with van der Waals surface area (Å²) in [6.45, 7) is 0.482. The average molecular weight is 444 g/mol. The monoisotopic (exact) mass is 444 g/mol. The lowest BCUT2D eigenvalue weighted by molar-refractivity contribution is -0.137. The Bertz CT molecular complexity index is 966. The Hall–Kier alpha value is -2.40. The third-order valence-electron chi connectivity index (χ3n) is 4.71. The van der Waals surface area contributed by atoms with E-state index in [9.17, 15) is 21.6 Å². The van der Waals surface area contributed by atoms with Gasteiger partial charge in [0.15, 0.2) is 5.82 Å². The molecule has 2 heterocycles. The number of piperidine rings is 1. The smallest absolute Gasteiger partial charge is 0.416 e. The van der Waals surface area contributed by atoms with E-state index in [1.165, 1.54) is 22.6 Å². The number of alkyl halides is 3. The second-order valence-electron chi connectivity index (χ2n) is 7.27. The zero-order valence-corrected chi connectivity index (χ0v) is 17.4. The predicted octanol–water partition coefficient (Wildman–Crippen LogP) is 2.93. The quantitative estimate of drug-likeness (QED) is 0.682. The lowest BCUT2D eigenvalue weighted by Gasteiger charge is -2.32. The largest absolute Gasteiger partial charge is 0.470 e. The van der Waals surface area contributed by atoms with Crippen LogP contribution in [0.25, 0.3) is 0 Å². The number of sulfonamides is 1. The molecule has 1 fully saturated rings. The topological polar surface area (TPSA) is 75.6 Å². The Kier molecular flexibility index (Phi) is 6.51. The average Bonchev–Trinajstić information content (AvgIpc) is 2.68. The molecule has 1 saturated heterocycles. The lowest BCUT2D eigenvalue weighted by Crippen LogP contribution is -2.44. The molecule has 1 unspecified atom stereocenters. The van der Waals surface area contributed by atoms with Crippen molar-refractivity contribution in [3.63, 3.8) is 0 Å². The molecule has 1 aromatic heterocycles. The molecule has 0 spiro atoms. The standard InChI is InChI=1S/C19H23F3N4O3S/c1-25(2)17-18(24-10-9-23-17)29-16-4-3-11-26(12-16)30(27,28)13-14-5-7-15(8-6-14)19(20,21)22/h5-10,16H,3-4,11-13H2,1-2H3. The second-order valence-corrected chi connectivity index (χ2v) is 9.24. The van der Waals surface area contributed by atoms with Crippen LogP contribution < -0.4 is 9.64 Å². The highest BCUT2D eigenvalue weighted by molar-refractivity contribution is 7.88. The third-order valence-corrected chi connectivity index (χ3v) is 6.53. The number of rotatable bonds is 6. The Balaban J connectivity index is 1.68. The van der Waals surface area contributed by atoms with Crippen LogP contribution in [-0.4, -0.2) is 56.0 Å². The highest BCUT2D eigenvalue weighted by Crippen LogP contribution is 2.30. The van der Waals surface area contributed by atoms with Gasteiger partial charge in [-0.15, -0.1) is 0 Å². The van der Waals surface area contributed by atoms with E-state index in [0.717, 1.165) is 12.1 Å². The van der Waals surface area contributed by atoms with Crippen LogP contribution in [0, 0.1) is 0 Å². The molecule has 1 aliphatic rings. The van der Waals surface area contributed by atoms with E-state index in [0.29, 0.717) is 36.6 Å². The van der Waals surface area contributed by atoms with E-state index >= 15 is 0 Å². The molecule has 7 nitrogen and oxygen atoms in total. The van der Waals surface area contributed by atoms with E-state index in [1.807, 2.05) is 0 Å². The van der Waals surface area contributed by atoms with Crippen LogP contribution in [0.1, 0.15) is 24.0 Å². The molecule has 164 valence electrons. The fourth-order valence-electron chi connectivity index (χ4n) is 3.21. The third kappa shape index (κ3) is 5.39. The molecule has 1 atom stereocenters. The number of benzene rings is 1. The van der Waals surface area contributed by atoms with Gasteiger partial charge in [0.05, 0.1) is 17.9 Å². The van der Waals surface area contributed by atoms with Gasteiger partial charge >= 0.3 is 6.18 Å². The summed E-state index contributed by atoms with van der Waals surface area (Å²) in [5, 5.41) is 0. The predicted molar refractivity (Wildman–Crippen MR) is 106 cm³/mol. The van der Waals surface area contributed by atoms with Crippen molar-refractivity contribution in [3.8, 4) is 5.88 Å². The first-order valence-corrected chi connectivity index (χ1v) is 11.0. The summed E-state index contributed by atoms with van der Waals surface area (Å²) in [6.07, 6.45) is -0.532. The first-order valence-electron chi connectivity index (χ1n) is 9.35. The fraction of sp³-hybridized carbons (Fsp3) is 0.474. The van der Waals surface area contributed by atoms with Gasteiger partial charge < -0.3 is 9.64 Å². The van der Waals surface area contributed by atoms with Crippen molar-refractivity contribution in [3.05, 3.63) is 47.8 Å². The van der Waals surface area contributed by atoms with Crippen LogP contribution >= 0.6 is 0 Å². The van der Waals surface area contributed by atoms with Crippen molar-refractivity contribution >= 4 is 15.8 Å². The number of anilines is 1. The molecule has 1 aliphatic heterocycles. The van der Waals surface area contributed by atoms with Crippen molar-refractivity contribution in [1.29, 1.82) is 0 Å². The Labute approximate surface area is 173 Å². The van der Waals surface area contributed by atoms with Gasteiger partial charge in [0.2, 0.25) is 10.0 Å². The van der Waals surface area contributed by atoms with Gasteiger partial charge in [-0.2, -0.15) is 17.5 Å². The number of aromatic nitrogens is 2. The minimum atomic E-state index is -4.46. The molecule has 0 saturated carbocycles. The van der Waals surface area contributed by atoms with Crippen molar-refractivity contribution in [2.24, 2.45) is 0 Å². The number of hydrogen-bond donors (Lipinski definition) is 0. The van der Waals surface area contributed by atoms with E-state index < -0.39 is 27.9 Å². The molecule has 30 heavy (non-hydrogen) atoms. The van der Waals surface area contributed by atoms with Gasteiger partial charge in [-0.1, -0.05) is 12.1 Å². The molecular weight excluding hydrogens is 421 g/mol. The molecule has 0 aliphatic carbocycles. The van der Waals surface area contributed by atoms with Crippen molar-refractivity contribution in [2.75, 3.05) is 32.1 Å². The Morgan fingerprint density at radius 1 is 1.17 bits per heavy atom. The molecule has 1 aromatic carbocycles. The van der Waals surface area contributed by atoms with Crippen LogP contribution in [0.15, 0.2) is 36.7 Å². The second kappa shape index (κ2) is 8.76. The summed E-state index contributed by atoms with van der Waals surface area (Å²) >= 11 is 0. The molecule has 0 bridgehead atoms. The van der Waals surface area contributed by atoms with E-state index in [2.05, 4.69) is 9.97 Å². The molecule has 0 radical (unpaired) electrons. The fourth-order valence-corrected chi connectivity index (χ4v) is 4.81. The van der Waals surface area contributed by atoms with Crippen molar-refractivity contribution in [2.45, 2.75) is 30.9 Å². The van der Waals surface area contributed by atoms with Gasteiger partial charge in [0.25, 0.3) is 5.88 Å². The zero-order valence-electron chi connectivity index (χ0n) is 16.6. The Morgan fingerprint density at radius 2 is 1.83 bits per heavy atom. The van der Waals surface area contributed by atoms with Gasteiger partial charge in [-0.25, -0.2) is 18.4 Å². The molecule has 0 N–H and O–H groups in total. The highest BCUT2D eigenvalue weighted by Gasteiger charge is 2.32. The minimum Gasteiger partial charge on any atom is -0.470 e. The van der Waals surface area contributed by atoms with Crippen LogP contribution in [0.3, 0.4) is 0 Å². The lowest BCUT2D eigenvalue weighted by atomic mass is 10.1. The normalized spacial score (nSPS) is 18.2. The molecule has 11 heteroatoms. The maximum absolute atomic E-state index is 12.8. The number of ether oxygens (including phenoxy) is 1. The minimum absolute atomic E-state index is 0.145. The SMILES string of the molecule is CN(C)c1nccnc1OC1CCCN(S(=O)(=O)Cc2ccc(C(F)(F)F)cc2)C1. The molecule has 0 amide bonds. The Morgan fingerprint density at radius 3 is 2.47 bits per heavy atom. The summed E-state index contributed by atoms with van der Waals surface area (Å²) in [5.41, 5.74) is -0.509. The molecular formula is C19H23F3N4O3S. The van der Waals surface area contributed by atoms with Crippen LogP contribution in [0.5, 0.6) is 5.88 Å². The maximum Gasteiger partial charge on any atom is 0.416 e. The first-order chi connectivity index (χ1) is 14.1. The molecule has 3 rings (SSSR count). The van der Waals surface area contributed by atoms with Crippen LogP contribution in [-0.2, 0) is 22.0 Å². The van der Waals surface area contributed by atoms with Crippen LogP contribution in [0.4, 0.5) is 19.0 Å². The summed E-state index contributed by atoms with van der Waals surface area (Å²) in [4.78, 5) is 10.2. The number of halogens is 3. The number of nitrogens with zero attached hydrogens (tertiary/aromatic N) is 4. The van der Waals surface area contributed by atoms with Gasteiger partial charge in [0, 0.05) is 33.0 Å². The first kappa shape index (κ1) is 22.3. The molecule has 2 aromatic rings. The summed E-state index contributed by atoms with van der Waals surface area (Å²) < 4.78 is 71.0. The van der Waals surface area contributed by atoms with E-state index in [4.69, 9.17) is 4.74 Å². The number of hydrogen-bond acceptors (Lipinski definition) is 6. The highest BCUT2D eigenvalue weighted by atomic mass is 32.2. The van der Waals surface area contributed by atoms with E-state index in [1.54, 1.807) is 25.2 Å². The van der Waals surface area contributed by atoms with Crippen molar-refractivity contribution < 1.29 is 26.3 Å². The van der Waals surface area contributed by atoms with E-state index in [-0.39, 0.29) is 12.3 Å². The van der Waals surface area contributed by atoms with Crippen molar-refractivity contribution in [1.82, 2.24) is 14.3 Å². The van der Waals surface area contributed by atoms with Gasteiger partial charge in [-0.05, 0) is 30.5 Å². The maximum atomic E-state index is 12.8. The summed E-state index contributed by atoms with van der Waals surface area (Å²) in [5.74, 6) is 0.503. The van der Waals surface area contributed by atoms with Gasteiger partial charge in [0.1, 0.15) is 6.10 Å². The summed E-state index contributed by atoms with van der Waals surface area (Å²) in [7, 11) is -0.102.